The molecule has 0 bridgehead atoms. The number of nitrogens with one attached hydrogen (secondary N) is 1. The Balaban J connectivity index is 2.08. The first-order valence-electron chi connectivity index (χ1n) is 6.71. The average molecular weight is 277 g/mol. The molecule has 0 aliphatic heterocycles. The van der Waals surface area contributed by atoms with Gasteiger partial charge in [0.1, 0.15) is 5.58 Å². The monoisotopic (exact) mass is 277 g/mol. The Labute approximate surface area is 117 Å². The topological polar surface area (TPSA) is 52.9 Å². The van der Waals surface area contributed by atoms with Crippen LogP contribution in [0, 0.1) is 0 Å². The van der Waals surface area contributed by atoms with Crippen molar-refractivity contribution in [3.8, 4) is 17.2 Å². The van der Waals surface area contributed by atoms with Crippen LogP contribution < -0.4 is 19.5 Å². The average Bonchev–Trinajstić information content (AvgIpc) is 3.22. The van der Waals surface area contributed by atoms with Crippen molar-refractivity contribution in [2.45, 2.75) is 25.4 Å². The van der Waals surface area contributed by atoms with Crippen LogP contribution in [-0.4, -0.2) is 27.4 Å². The molecule has 1 aromatic carbocycles. The van der Waals surface area contributed by atoms with E-state index >= 15 is 0 Å². The van der Waals surface area contributed by atoms with E-state index in [-0.39, 0.29) is 0 Å². The van der Waals surface area contributed by atoms with Gasteiger partial charge in [0.2, 0.25) is 5.75 Å². The van der Waals surface area contributed by atoms with E-state index in [9.17, 15) is 0 Å². The van der Waals surface area contributed by atoms with Gasteiger partial charge >= 0.3 is 0 Å². The molecule has 0 atom stereocenters. The molecule has 0 radical (unpaired) electrons. The van der Waals surface area contributed by atoms with Gasteiger partial charge in [0, 0.05) is 24.2 Å². The summed E-state index contributed by atoms with van der Waals surface area (Å²) in [7, 11) is 4.83. The van der Waals surface area contributed by atoms with Crippen LogP contribution in [0.3, 0.4) is 0 Å². The van der Waals surface area contributed by atoms with Gasteiger partial charge in [-0.3, -0.25) is 0 Å². The van der Waals surface area contributed by atoms with Crippen molar-refractivity contribution in [3.05, 3.63) is 17.9 Å². The summed E-state index contributed by atoms with van der Waals surface area (Å²) >= 11 is 0. The molecule has 3 rings (SSSR count). The fourth-order valence-electron chi connectivity index (χ4n) is 2.40. The van der Waals surface area contributed by atoms with Crippen LogP contribution in [0.4, 0.5) is 0 Å². The summed E-state index contributed by atoms with van der Waals surface area (Å²) in [5.74, 6) is 1.85. The predicted molar refractivity (Wildman–Crippen MR) is 75.7 cm³/mol. The Hall–Kier alpha value is -1.88. The molecule has 0 amide bonds. The quantitative estimate of drug-likeness (QED) is 0.879. The minimum atomic E-state index is 0.594. The molecule has 0 unspecified atom stereocenters. The highest BCUT2D eigenvalue weighted by Gasteiger charge is 2.24. The lowest BCUT2D eigenvalue weighted by Crippen LogP contribution is -2.15. The van der Waals surface area contributed by atoms with E-state index in [1.165, 1.54) is 12.8 Å². The summed E-state index contributed by atoms with van der Waals surface area (Å²) in [4.78, 5) is 0. The van der Waals surface area contributed by atoms with Crippen LogP contribution in [0.1, 0.15) is 18.4 Å². The maximum atomic E-state index is 5.63. The van der Waals surface area contributed by atoms with Crippen molar-refractivity contribution in [2.24, 2.45) is 0 Å². The van der Waals surface area contributed by atoms with Gasteiger partial charge in [-0.2, -0.15) is 0 Å². The minimum absolute atomic E-state index is 0.594. The van der Waals surface area contributed by atoms with Crippen LogP contribution in [0.15, 0.2) is 16.7 Å². The maximum absolute atomic E-state index is 5.63. The maximum Gasteiger partial charge on any atom is 0.204 e. The van der Waals surface area contributed by atoms with Gasteiger partial charge in [-0.25, -0.2) is 0 Å². The lowest BCUT2D eigenvalue weighted by atomic mass is 10.1. The number of furan rings is 1. The van der Waals surface area contributed by atoms with Gasteiger partial charge in [-0.05, 0) is 12.8 Å². The largest absolute Gasteiger partial charge is 0.493 e. The summed E-state index contributed by atoms with van der Waals surface area (Å²) in [6.45, 7) is 0.767. The Morgan fingerprint density at radius 1 is 1.15 bits per heavy atom. The first-order chi connectivity index (χ1) is 9.78. The Morgan fingerprint density at radius 2 is 1.90 bits per heavy atom. The van der Waals surface area contributed by atoms with E-state index in [0.717, 1.165) is 23.1 Å². The first-order valence-corrected chi connectivity index (χ1v) is 6.71. The second-order valence-corrected chi connectivity index (χ2v) is 4.93. The van der Waals surface area contributed by atoms with Gasteiger partial charge in [0.05, 0.1) is 33.0 Å². The zero-order chi connectivity index (χ0) is 14.1. The smallest absolute Gasteiger partial charge is 0.204 e. The van der Waals surface area contributed by atoms with Crippen LogP contribution in [0.2, 0.25) is 0 Å². The summed E-state index contributed by atoms with van der Waals surface area (Å²) in [6, 6.07) is 2.48. The standard InChI is InChI=1S/C15H19NO4/c1-17-12-6-11-13(15(19-3)14(12)18-2)9(8-20-11)7-16-10-4-5-10/h6,8,10,16H,4-5,7H2,1-3H3. The highest BCUT2D eigenvalue weighted by Crippen LogP contribution is 2.45. The molecular weight excluding hydrogens is 258 g/mol. The molecule has 1 aliphatic rings. The third-order valence-electron chi connectivity index (χ3n) is 3.60. The molecule has 108 valence electrons. The van der Waals surface area contributed by atoms with Crippen LogP contribution in [0.5, 0.6) is 17.2 Å². The molecule has 1 saturated carbocycles. The van der Waals surface area contributed by atoms with Gasteiger partial charge in [-0.15, -0.1) is 0 Å². The Morgan fingerprint density at radius 3 is 2.50 bits per heavy atom. The van der Waals surface area contributed by atoms with Gasteiger partial charge in [-0.1, -0.05) is 0 Å². The molecule has 0 spiro atoms. The number of methoxy groups -OCH3 is 3. The Bertz CT molecular complexity index is 616. The fraction of sp³-hybridized carbons (Fsp3) is 0.467. The molecule has 1 heterocycles. The molecule has 0 saturated heterocycles. The lowest BCUT2D eigenvalue weighted by molar-refractivity contribution is 0.326. The summed E-state index contributed by atoms with van der Waals surface area (Å²) in [5.41, 5.74) is 1.82. The number of ether oxygens (including phenoxy) is 3. The van der Waals surface area contributed by atoms with Crippen molar-refractivity contribution < 1.29 is 18.6 Å². The highest BCUT2D eigenvalue weighted by atomic mass is 16.5. The number of benzene rings is 1. The van der Waals surface area contributed by atoms with Crippen LogP contribution in [-0.2, 0) is 6.54 Å². The van der Waals surface area contributed by atoms with Gasteiger partial charge < -0.3 is 23.9 Å². The van der Waals surface area contributed by atoms with Crippen LogP contribution in [0.25, 0.3) is 11.0 Å². The number of hydrogen-bond donors (Lipinski definition) is 1. The van der Waals surface area contributed by atoms with E-state index in [2.05, 4.69) is 5.32 Å². The fourth-order valence-corrected chi connectivity index (χ4v) is 2.40. The van der Waals surface area contributed by atoms with E-state index < -0.39 is 0 Å². The van der Waals surface area contributed by atoms with Crippen LogP contribution >= 0.6 is 0 Å². The molecular formula is C15H19NO4. The molecule has 1 aliphatic carbocycles. The van der Waals surface area contributed by atoms with Crippen molar-refractivity contribution in [3.63, 3.8) is 0 Å². The second kappa shape index (κ2) is 5.25. The molecule has 5 nitrogen and oxygen atoms in total. The zero-order valence-corrected chi connectivity index (χ0v) is 12.0. The number of fused-ring (bicyclic) bond motifs is 1. The van der Waals surface area contributed by atoms with E-state index in [1.807, 2.05) is 6.07 Å². The van der Waals surface area contributed by atoms with Gasteiger partial charge in [0.25, 0.3) is 0 Å². The second-order valence-electron chi connectivity index (χ2n) is 4.93. The molecule has 2 aromatic rings. The third kappa shape index (κ3) is 2.18. The van der Waals surface area contributed by atoms with Crippen molar-refractivity contribution in [1.82, 2.24) is 5.32 Å². The first kappa shape index (κ1) is 13.1. The third-order valence-corrected chi connectivity index (χ3v) is 3.60. The molecule has 1 aromatic heterocycles. The van der Waals surface area contributed by atoms with E-state index in [4.69, 9.17) is 18.6 Å². The van der Waals surface area contributed by atoms with Crippen molar-refractivity contribution in [2.75, 3.05) is 21.3 Å². The van der Waals surface area contributed by atoms with E-state index in [0.29, 0.717) is 23.3 Å². The Kier molecular flexibility index (Phi) is 3.44. The SMILES string of the molecule is COc1cc2occ(CNC3CC3)c2c(OC)c1OC. The summed E-state index contributed by atoms with van der Waals surface area (Å²) in [6.07, 6.45) is 4.27. The predicted octanol–water partition coefficient (Wildman–Crippen LogP) is 2.71. The lowest BCUT2D eigenvalue weighted by Gasteiger charge is -2.13. The highest BCUT2D eigenvalue weighted by molar-refractivity contribution is 5.92. The van der Waals surface area contributed by atoms with Crippen molar-refractivity contribution in [1.29, 1.82) is 0 Å². The summed E-state index contributed by atoms with van der Waals surface area (Å²) in [5, 5.41) is 4.42. The zero-order valence-electron chi connectivity index (χ0n) is 12.0. The minimum Gasteiger partial charge on any atom is -0.493 e. The number of hydrogen-bond acceptors (Lipinski definition) is 5. The molecule has 5 heteroatoms. The molecule has 1 N–H and O–H groups in total. The van der Waals surface area contributed by atoms with E-state index in [1.54, 1.807) is 27.6 Å². The van der Waals surface area contributed by atoms with Gasteiger partial charge in [0.15, 0.2) is 11.5 Å². The molecule has 20 heavy (non-hydrogen) atoms. The van der Waals surface area contributed by atoms with Crippen molar-refractivity contribution >= 4 is 11.0 Å². The summed E-state index contributed by atoms with van der Waals surface area (Å²) < 4.78 is 21.9. The normalized spacial score (nSPS) is 14.6. The number of rotatable bonds is 6. The molecule has 1 fully saturated rings.